The maximum Gasteiger partial charge on any atom is 0.321 e. The molecule has 1 amide bonds. The molecule has 8 nitrogen and oxygen atoms in total. The van der Waals surface area contributed by atoms with Gasteiger partial charge in [-0.25, -0.2) is 9.50 Å². The van der Waals surface area contributed by atoms with E-state index in [1.54, 1.807) is 4.52 Å². The van der Waals surface area contributed by atoms with Crippen molar-refractivity contribution in [3.8, 4) is 0 Å². The highest BCUT2D eigenvalue weighted by Crippen LogP contribution is 2.56. The molecule has 1 unspecified atom stereocenters. The van der Waals surface area contributed by atoms with Crippen LogP contribution in [0.15, 0.2) is 18.3 Å². The molecular weight excluding hydrogens is 406 g/mol. The third kappa shape index (κ3) is 3.78. The summed E-state index contributed by atoms with van der Waals surface area (Å²) in [6.45, 7) is 2.93. The minimum atomic E-state index is -1.23. The van der Waals surface area contributed by atoms with E-state index < -0.39 is 11.4 Å². The Hall–Kier alpha value is -2.48. The van der Waals surface area contributed by atoms with E-state index >= 15 is 0 Å². The van der Waals surface area contributed by atoms with Crippen LogP contribution in [0.5, 0.6) is 0 Å². The molecule has 32 heavy (non-hydrogen) atoms. The second-order valence-electron chi connectivity index (χ2n) is 10.7. The zero-order valence-electron chi connectivity index (χ0n) is 19.0. The highest BCUT2D eigenvalue weighted by atomic mass is 16.5. The van der Waals surface area contributed by atoms with E-state index in [0.717, 1.165) is 62.2 Å². The van der Waals surface area contributed by atoms with Gasteiger partial charge in [-0.3, -0.25) is 9.59 Å². The van der Waals surface area contributed by atoms with Gasteiger partial charge < -0.3 is 15.8 Å². The minimum Gasteiger partial charge on any atom is -0.468 e. The summed E-state index contributed by atoms with van der Waals surface area (Å²) in [5, 5.41) is 7.66. The molecule has 1 spiro atoms. The molecule has 3 fully saturated rings. The van der Waals surface area contributed by atoms with Gasteiger partial charge >= 0.3 is 5.97 Å². The van der Waals surface area contributed by atoms with Crippen molar-refractivity contribution in [1.82, 2.24) is 19.9 Å². The normalized spacial score (nSPS) is 31.5. The molecular formula is C24H33N5O3. The van der Waals surface area contributed by atoms with E-state index in [1.807, 2.05) is 18.3 Å². The number of rotatable bonds is 5. The van der Waals surface area contributed by atoms with Gasteiger partial charge in [-0.2, -0.15) is 5.10 Å². The minimum absolute atomic E-state index is 0.0291. The lowest BCUT2D eigenvalue weighted by Crippen LogP contribution is -2.56. The van der Waals surface area contributed by atoms with Crippen LogP contribution in [0.3, 0.4) is 0 Å². The molecule has 8 heteroatoms. The van der Waals surface area contributed by atoms with Crippen LogP contribution in [0.2, 0.25) is 0 Å². The fraction of sp³-hybridized carbons (Fsp3) is 0.667. The van der Waals surface area contributed by atoms with Gasteiger partial charge in [0.15, 0.2) is 11.1 Å². The first-order valence-corrected chi connectivity index (χ1v) is 11.7. The summed E-state index contributed by atoms with van der Waals surface area (Å²) in [6.07, 6.45) is 9.80. The average molecular weight is 440 g/mol. The summed E-state index contributed by atoms with van der Waals surface area (Å²) in [6, 6.07) is 3.76. The van der Waals surface area contributed by atoms with E-state index in [4.69, 9.17) is 20.6 Å². The predicted molar refractivity (Wildman–Crippen MR) is 119 cm³/mol. The first kappa shape index (κ1) is 21.4. The van der Waals surface area contributed by atoms with Crippen molar-refractivity contribution in [3.63, 3.8) is 0 Å². The lowest BCUT2D eigenvalue weighted by atomic mass is 9.71. The number of hydrogen-bond acceptors (Lipinski definition) is 6. The quantitative estimate of drug-likeness (QED) is 0.546. The Morgan fingerprint density at radius 3 is 2.66 bits per heavy atom. The number of fused-ring (bicyclic) bond motifs is 1. The first-order chi connectivity index (χ1) is 15.2. The molecule has 3 N–H and O–H groups in total. The molecule has 3 aliphatic rings. The molecule has 172 valence electrons. The number of nitrogens with two attached hydrogens (primary N) is 1. The van der Waals surface area contributed by atoms with E-state index in [0.29, 0.717) is 18.7 Å². The van der Waals surface area contributed by atoms with Crippen LogP contribution < -0.4 is 11.1 Å². The van der Waals surface area contributed by atoms with Crippen molar-refractivity contribution in [2.75, 3.05) is 13.7 Å². The zero-order valence-corrected chi connectivity index (χ0v) is 19.0. The summed E-state index contributed by atoms with van der Waals surface area (Å²) in [5.74, 6) is 0.00310. The zero-order chi connectivity index (χ0) is 22.6. The number of imidazole rings is 1. The molecule has 0 radical (unpaired) electrons. The number of esters is 1. The molecule has 5 rings (SSSR count). The standard InChI is InChI=1S/C24H33N5O3/c1-16-5-7-23(25,8-6-16)11-18-13-29-19(27-18)4-3-17(28-29)12-24(21(31)32-2)14-22(9-10-22)15-26-20(24)30/h3-4,13,16H,5-12,14-15,25H2,1-2H3,(H,26,30). The van der Waals surface area contributed by atoms with Crippen molar-refractivity contribution in [1.29, 1.82) is 0 Å². The number of amides is 1. The number of nitrogens with one attached hydrogen (secondary N) is 1. The number of piperidine rings is 1. The Balaban J connectivity index is 1.39. The van der Waals surface area contributed by atoms with Crippen LogP contribution in [-0.4, -0.2) is 45.7 Å². The largest absolute Gasteiger partial charge is 0.468 e. The molecule has 2 aliphatic carbocycles. The second kappa shape index (κ2) is 7.54. The topological polar surface area (TPSA) is 112 Å². The molecule has 0 aromatic carbocycles. The van der Waals surface area contributed by atoms with Crippen LogP contribution in [0.4, 0.5) is 0 Å². The Labute approximate surface area is 188 Å². The highest BCUT2D eigenvalue weighted by molar-refractivity contribution is 6.03. The molecule has 2 saturated carbocycles. The highest BCUT2D eigenvalue weighted by Gasteiger charge is 2.60. The molecule has 3 heterocycles. The second-order valence-corrected chi connectivity index (χ2v) is 10.7. The molecule has 1 saturated heterocycles. The van der Waals surface area contributed by atoms with E-state index in [9.17, 15) is 9.59 Å². The van der Waals surface area contributed by atoms with Crippen LogP contribution >= 0.6 is 0 Å². The number of ether oxygens (including phenoxy) is 1. The number of carbonyl (C=O) groups excluding carboxylic acids is 2. The summed E-state index contributed by atoms with van der Waals surface area (Å²) < 4.78 is 6.84. The van der Waals surface area contributed by atoms with E-state index in [-0.39, 0.29) is 23.3 Å². The molecule has 2 aromatic rings. The Bertz CT molecular complexity index is 1040. The number of carbonyl (C=O) groups is 2. The predicted octanol–water partition coefficient (Wildman–Crippen LogP) is 2.18. The van der Waals surface area contributed by atoms with Crippen molar-refractivity contribution in [3.05, 3.63) is 29.7 Å². The van der Waals surface area contributed by atoms with Gasteiger partial charge in [-0.1, -0.05) is 6.92 Å². The molecule has 1 aliphatic heterocycles. The Kier molecular flexibility index (Phi) is 5.04. The van der Waals surface area contributed by atoms with Crippen LogP contribution in [0.25, 0.3) is 5.65 Å². The number of nitrogens with zero attached hydrogens (tertiary/aromatic N) is 3. The monoisotopic (exact) mass is 439 g/mol. The smallest absolute Gasteiger partial charge is 0.321 e. The third-order valence-corrected chi connectivity index (χ3v) is 7.98. The third-order valence-electron chi connectivity index (χ3n) is 7.98. The van der Waals surface area contributed by atoms with Gasteiger partial charge in [0.2, 0.25) is 5.91 Å². The van der Waals surface area contributed by atoms with Gasteiger partial charge in [0.05, 0.1) is 24.7 Å². The van der Waals surface area contributed by atoms with Crippen LogP contribution in [0.1, 0.15) is 63.3 Å². The molecule has 2 aromatic heterocycles. The average Bonchev–Trinajstić information content (AvgIpc) is 3.41. The lowest BCUT2D eigenvalue weighted by molar-refractivity contribution is -0.163. The van der Waals surface area contributed by atoms with Crippen molar-refractivity contribution >= 4 is 17.5 Å². The summed E-state index contributed by atoms with van der Waals surface area (Å²) in [5.41, 5.74) is 7.62. The van der Waals surface area contributed by atoms with Crippen molar-refractivity contribution in [2.24, 2.45) is 22.5 Å². The number of aromatic nitrogens is 3. The fourth-order valence-corrected chi connectivity index (χ4v) is 5.66. The number of hydrogen-bond donors (Lipinski definition) is 2. The summed E-state index contributed by atoms with van der Waals surface area (Å²) in [4.78, 5) is 30.5. The van der Waals surface area contributed by atoms with E-state index in [2.05, 4.69) is 12.2 Å². The molecule has 0 bridgehead atoms. The maximum absolute atomic E-state index is 12.9. The maximum atomic E-state index is 12.9. The van der Waals surface area contributed by atoms with Crippen molar-refractivity contribution in [2.45, 2.75) is 70.3 Å². The Morgan fingerprint density at radius 2 is 1.97 bits per heavy atom. The summed E-state index contributed by atoms with van der Waals surface area (Å²) in [7, 11) is 1.35. The van der Waals surface area contributed by atoms with Gasteiger partial charge in [0.1, 0.15) is 0 Å². The first-order valence-electron chi connectivity index (χ1n) is 11.7. The lowest BCUT2D eigenvalue weighted by Gasteiger charge is -2.37. The van der Waals surface area contributed by atoms with E-state index in [1.165, 1.54) is 7.11 Å². The van der Waals surface area contributed by atoms with Gasteiger partial charge in [-0.15, -0.1) is 0 Å². The van der Waals surface area contributed by atoms with Crippen molar-refractivity contribution < 1.29 is 14.3 Å². The Morgan fingerprint density at radius 1 is 1.22 bits per heavy atom. The number of methoxy groups -OCH3 is 1. The van der Waals surface area contributed by atoms with Gasteiger partial charge in [0, 0.05) is 24.9 Å². The van der Waals surface area contributed by atoms with Crippen LogP contribution in [-0.2, 0) is 27.2 Å². The molecule has 1 atom stereocenters. The van der Waals surface area contributed by atoms with Gasteiger partial charge in [0.25, 0.3) is 0 Å². The van der Waals surface area contributed by atoms with Crippen LogP contribution in [0, 0.1) is 16.7 Å². The fourth-order valence-electron chi connectivity index (χ4n) is 5.66. The summed E-state index contributed by atoms with van der Waals surface area (Å²) >= 11 is 0. The SMILES string of the molecule is COC(=O)C1(Cc2ccc3nc(CC4(N)CCC(C)CC4)cn3n2)CC2(CC2)CNC1=O. The van der Waals surface area contributed by atoms with Gasteiger partial charge in [-0.05, 0) is 68.4 Å².